The van der Waals surface area contributed by atoms with E-state index in [1.807, 2.05) is 5.38 Å². The second-order valence-electron chi connectivity index (χ2n) is 7.20. The van der Waals surface area contributed by atoms with E-state index in [1.165, 1.54) is 23.5 Å². The second-order valence-corrected chi connectivity index (χ2v) is 10.4. The lowest BCUT2D eigenvalue weighted by Crippen LogP contribution is -2.40. The molecule has 0 atom stereocenters. The normalized spacial score (nSPS) is 12.5. The molecule has 1 heterocycles. The van der Waals surface area contributed by atoms with Crippen LogP contribution in [0.3, 0.4) is 0 Å². The van der Waals surface area contributed by atoms with Gasteiger partial charge >= 0.3 is 6.18 Å². The molecule has 3 rings (SSSR count). The van der Waals surface area contributed by atoms with Crippen LogP contribution in [0.4, 0.5) is 18.9 Å². The predicted molar refractivity (Wildman–Crippen MR) is 127 cm³/mol. The van der Waals surface area contributed by atoms with Crippen LogP contribution in [0.25, 0.3) is 0 Å². The average Bonchev–Trinajstić information content (AvgIpc) is 3.31. The van der Waals surface area contributed by atoms with E-state index in [0.717, 1.165) is 22.6 Å². The van der Waals surface area contributed by atoms with Crippen LogP contribution in [-0.2, 0) is 21.0 Å². The number of hydrogen-bond acceptors (Lipinski definition) is 5. The third-order valence-corrected chi connectivity index (χ3v) is 7.76. The highest BCUT2D eigenvalue weighted by Crippen LogP contribution is 2.38. The number of hydrazone groups is 1. The van der Waals surface area contributed by atoms with E-state index >= 15 is 0 Å². The van der Waals surface area contributed by atoms with Crippen LogP contribution in [0.2, 0.25) is 5.02 Å². The third-order valence-electron chi connectivity index (χ3n) is 4.67. The Bertz CT molecular complexity index is 1310. The van der Waals surface area contributed by atoms with E-state index in [0.29, 0.717) is 16.1 Å². The number of anilines is 1. The van der Waals surface area contributed by atoms with Crippen molar-refractivity contribution in [3.63, 3.8) is 0 Å². The number of halogens is 4. The summed E-state index contributed by atoms with van der Waals surface area (Å²) < 4.78 is 67.5. The first-order valence-corrected chi connectivity index (χ1v) is 12.4. The highest BCUT2D eigenvalue weighted by molar-refractivity contribution is 7.92. The van der Waals surface area contributed by atoms with Crippen LogP contribution < -0.4 is 9.73 Å². The summed E-state index contributed by atoms with van der Waals surface area (Å²) in [7, 11) is -4.41. The van der Waals surface area contributed by atoms with Crippen LogP contribution in [0.1, 0.15) is 22.9 Å². The molecule has 3 aromatic rings. The van der Waals surface area contributed by atoms with Crippen molar-refractivity contribution in [1.29, 1.82) is 0 Å². The number of carbonyl (C=O) groups excluding carboxylic acids is 1. The molecule has 0 radical (unpaired) electrons. The zero-order valence-electron chi connectivity index (χ0n) is 17.9. The fourth-order valence-electron chi connectivity index (χ4n) is 2.89. The quantitative estimate of drug-likeness (QED) is 0.326. The standard InChI is InChI=1S/C22H19ClF3N3O3S2/c1-14-5-8-17(9-6-14)34(31,32)29(16-7-10-19(23)18(12-16)22(24,25)26)13-21(30)28-27-15(2)20-4-3-11-33-20/h3-12H,13H2,1-2H3,(H,28,30)/b27-15-. The number of alkyl halides is 3. The highest BCUT2D eigenvalue weighted by atomic mass is 35.5. The number of nitrogens with one attached hydrogen (secondary N) is 1. The molecule has 1 amide bonds. The Morgan fingerprint density at radius 2 is 1.82 bits per heavy atom. The van der Waals surface area contributed by atoms with Gasteiger partial charge in [-0.2, -0.15) is 18.3 Å². The van der Waals surface area contributed by atoms with Crippen molar-refractivity contribution in [3.8, 4) is 0 Å². The number of amides is 1. The van der Waals surface area contributed by atoms with E-state index in [4.69, 9.17) is 11.6 Å². The van der Waals surface area contributed by atoms with E-state index < -0.39 is 39.2 Å². The number of benzene rings is 2. The van der Waals surface area contributed by atoms with E-state index in [2.05, 4.69) is 10.5 Å². The summed E-state index contributed by atoms with van der Waals surface area (Å²) in [4.78, 5) is 13.2. The van der Waals surface area contributed by atoms with Crippen LogP contribution in [0, 0.1) is 6.92 Å². The topological polar surface area (TPSA) is 78.8 Å². The van der Waals surface area contributed by atoms with Crippen LogP contribution >= 0.6 is 22.9 Å². The van der Waals surface area contributed by atoms with Crippen LogP contribution in [0.5, 0.6) is 0 Å². The summed E-state index contributed by atoms with van der Waals surface area (Å²) in [5, 5.41) is 5.19. The summed E-state index contributed by atoms with van der Waals surface area (Å²) in [6.07, 6.45) is -4.82. The minimum atomic E-state index is -4.82. The Labute approximate surface area is 203 Å². The van der Waals surface area contributed by atoms with Crippen molar-refractivity contribution in [3.05, 3.63) is 81.0 Å². The summed E-state index contributed by atoms with van der Waals surface area (Å²) in [5.74, 6) is -0.838. The van der Waals surface area contributed by atoms with Gasteiger partial charge in [0, 0.05) is 4.88 Å². The number of aryl methyl sites for hydroxylation is 1. The van der Waals surface area contributed by atoms with Gasteiger partial charge < -0.3 is 0 Å². The lowest BCUT2D eigenvalue weighted by molar-refractivity contribution is -0.137. The highest BCUT2D eigenvalue weighted by Gasteiger charge is 2.35. The van der Waals surface area contributed by atoms with Gasteiger partial charge in [-0.3, -0.25) is 9.10 Å². The Hall–Kier alpha value is -2.89. The molecule has 2 aromatic carbocycles. The summed E-state index contributed by atoms with van der Waals surface area (Å²) >= 11 is 7.08. The summed E-state index contributed by atoms with van der Waals surface area (Å²) in [5.41, 5.74) is 1.95. The fourth-order valence-corrected chi connectivity index (χ4v) is 5.20. The smallest absolute Gasteiger partial charge is 0.271 e. The van der Waals surface area contributed by atoms with Crippen molar-refractivity contribution < 1.29 is 26.4 Å². The SMILES string of the molecule is C/C(=N/NC(=O)CN(c1ccc(Cl)c(C(F)(F)F)c1)S(=O)(=O)c1ccc(C)cc1)c1cccs1. The third kappa shape index (κ3) is 5.96. The number of nitrogens with zero attached hydrogens (tertiary/aromatic N) is 2. The van der Waals surface area contributed by atoms with Gasteiger partial charge in [0.1, 0.15) is 6.54 Å². The zero-order valence-corrected chi connectivity index (χ0v) is 20.3. The maximum atomic E-state index is 13.4. The number of hydrogen-bond donors (Lipinski definition) is 1. The van der Waals surface area contributed by atoms with Crippen LogP contribution in [-0.4, -0.2) is 26.6 Å². The lowest BCUT2D eigenvalue weighted by atomic mass is 10.2. The fraction of sp³-hybridized carbons (Fsp3) is 0.182. The molecule has 180 valence electrons. The maximum absolute atomic E-state index is 13.4. The largest absolute Gasteiger partial charge is 0.417 e. The van der Waals surface area contributed by atoms with Gasteiger partial charge in [-0.1, -0.05) is 35.4 Å². The van der Waals surface area contributed by atoms with Gasteiger partial charge in [-0.25, -0.2) is 13.8 Å². The maximum Gasteiger partial charge on any atom is 0.417 e. The summed E-state index contributed by atoms with van der Waals surface area (Å²) in [6, 6.07) is 12.0. The Morgan fingerprint density at radius 1 is 1.15 bits per heavy atom. The lowest BCUT2D eigenvalue weighted by Gasteiger charge is -2.25. The minimum Gasteiger partial charge on any atom is -0.271 e. The number of rotatable bonds is 7. The molecule has 0 saturated carbocycles. The molecule has 6 nitrogen and oxygen atoms in total. The first-order chi connectivity index (χ1) is 15.9. The molecule has 12 heteroatoms. The number of carbonyl (C=O) groups is 1. The molecular weight excluding hydrogens is 511 g/mol. The molecule has 0 unspecified atom stereocenters. The van der Waals surface area contributed by atoms with Gasteiger partial charge in [0.15, 0.2) is 0 Å². The van der Waals surface area contributed by atoms with Crippen LogP contribution in [0.15, 0.2) is 70.0 Å². The van der Waals surface area contributed by atoms with E-state index in [-0.39, 0.29) is 10.6 Å². The molecule has 0 bridgehead atoms. The molecule has 1 aromatic heterocycles. The monoisotopic (exact) mass is 529 g/mol. The Balaban J connectivity index is 2.00. The van der Waals surface area contributed by atoms with Crippen molar-refractivity contribution in [2.75, 3.05) is 10.8 Å². The molecular formula is C22H19ClF3N3O3S2. The van der Waals surface area contributed by atoms with Gasteiger partial charge in [-0.05, 0) is 55.6 Å². The van der Waals surface area contributed by atoms with E-state index in [9.17, 15) is 26.4 Å². The molecule has 0 aliphatic carbocycles. The number of sulfonamides is 1. The molecule has 0 aliphatic rings. The van der Waals surface area contributed by atoms with Crippen molar-refractivity contribution in [2.24, 2.45) is 5.10 Å². The molecule has 1 N–H and O–H groups in total. The van der Waals surface area contributed by atoms with Gasteiger partial charge in [0.2, 0.25) is 0 Å². The van der Waals surface area contributed by atoms with Gasteiger partial charge in [0.05, 0.1) is 26.9 Å². The van der Waals surface area contributed by atoms with Gasteiger partial charge in [0.25, 0.3) is 15.9 Å². The minimum absolute atomic E-state index is 0.187. The first kappa shape index (κ1) is 25.7. The summed E-state index contributed by atoms with van der Waals surface area (Å²) in [6.45, 7) is 2.60. The zero-order chi connectivity index (χ0) is 25.1. The average molecular weight is 530 g/mol. The van der Waals surface area contributed by atoms with E-state index in [1.54, 1.807) is 38.1 Å². The van der Waals surface area contributed by atoms with Crippen molar-refractivity contribution >= 4 is 50.3 Å². The van der Waals surface area contributed by atoms with Crippen molar-refractivity contribution in [2.45, 2.75) is 24.9 Å². The van der Waals surface area contributed by atoms with Gasteiger partial charge in [-0.15, -0.1) is 11.3 Å². The van der Waals surface area contributed by atoms with Crippen molar-refractivity contribution in [1.82, 2.24) is 5.43 Å². The first-order valence-electron chi connectivity index (χ1n) is 9.73. The number of thiophene rings is 1. The molecule has 0 spiro atoms. The molecule has 34 heavy (non-hydrogen) atoms. The molecule has 0 fully saturated rings. The second kappa shape index (κ2) is 10.2. The molecule has 0 saturated heterocycles. The predicted octanol–water partition coefficient (Wildman–Crippen LogP) is 5.46. The Kier molecular flexibility index (Phi) is 7.69. The Morgan fingerprint density at radius 3 is 2.41 bits per heavy atom. The molecule has 0 aliphatic heterocycles.